The van der Waals surface area contributed by atoms with Crippen LogP contribution in [0.4, 0.5) is 0 Å². The van der Waals surface area contributed by atoms with Crippen molar-refractivity contribution in [3.63, 3.8) is 0 Å². The summed E-state index contributed by atoms with van der Waals surface area (Å²) < 4.78 is 5.16. The zero-order valence-corrected chi connectivity index (χ0v) is 8.82. The third-order valence-electron chi connectivity index (χ3n) is 1.46. The van der Waals surface area contributed by atoms with E-state index in [2.05, 4.69) is 0 Å². The first-order valence-electron chi connectivity index (χ1n) is 4.11. The molecule has 0 amide bonds. The zero-order chi connectivity index (χ0) is 9.94. The second-order valence-corrected chi connectivity index (χ2v) is 4.13. The van der Waals surface area contributed by atoms with Gasteiger partial charge in [0, 0.05) is 5.57 Å². The van der Waals surface area contributed by atoms with Gasteiger partial charge < -0.3 is 4.74 Å². The fourth-order valence-electron chi connectivity index (χ4n) is 0.559. The molecule has 2 nitrogen and oxygen atoms in total. The number of allylic oxidation sites excluding steroid dienone is 1. The van der Waals surface area contributed by atoms with Crippen LogP contribution in [0.2, 0.25) is 0 Å². The molecule has 2 heteroatoms. The molecule has 70 valence electrons. The van der Waals surface area contributed by atoms with E-state index < -0.39 is 5.60 Å². The smallest absolute Gasteiger partial charge is 0.334 e. The van der Waals surface area contributed by atoms with E-state index in [1.165, 1.54) is 0 Å². The number of rotatable bonds is 1. The molecule has 0 rings (SSSR count). The Morgan fingerprint density at radius 3 is 1.75 bits per heavy atom. The molecule has 0 aliphatic rings. The first-order valence-corrected chi connectivity index (χ1v) is 4.11. The van der Waals surface area contributed by atoms with Gasteiger partial charge in [-0.05, 0) is 41.5 Å². The van der Waals surface area contributed by atoms with Gasteiger partial charge in [-0.25, -0.2) is 4.79 Å². The molecule has 0 spiro atoms. The Labute approximate surface area is 74.6 Å². The molecule has 0 saturated carbocycles. The summed E-state index contributed by atoms with van der Waals surface area (Å²) in [5.74, 6) is -0.220. The van der Waals surface area contributed by atoms with Crippen LogP contribution in [-0.4, -0.2) is 11.6 Å². The fourth-order valence-corrected chi connectivity index (χ4v) is 0.559. The van der Waals surface area contributed by atoms with E-state index in [4.69, 9.17) is 4.74 Å². The molecule has 0 heterocycles. The number of ether oxygens (including phenoxy) is 1. The highest BCUT2D eigenvalue weighted by Crippen LogP contribution is 2.12. The van der Waals surface area contributed by atoms with E-state index in [0.29, 0.717) is 5.57 Å². The molecule has 0 aromatic carbocycles. The van der Waals surface area contributed by atoms with E-state index in [0.717, 1.165) is 5.57 Å². The molecule has 0 aromatic heterocycles. The number of carbonyl (C=O) groups is 1. The van der Waals surface area contributed by atoms with Crippen LogP contribution in [0.1, 0.15) is 41.5 Å². The number of hydrogen-bond acceptors (Lipinski definition) is 2. The van der Waals surface area contributed by atoms with E-state index in [-0.39, 0.29) is 5.97 Å². The highest BCUT2D eigenvalue weighted by Gasteiger charge is 2.17. The number of carbonyl (C=O) groups excluding carboxylic acids is 1. The minimum absolute atomic E-state index is 0.220. The summed E-state index contributed by atoms with van der Waals surface area (Å²) in [5, 5.41) is 0. The van der Waals surface area contributed by atoms with Crippen LogP contribution in [0.5, 0.6) is 0 Å². The molecule has 0 aliphatic carbocycles. The predicted octanol–water partition coefficient (Wildman–Crippen LogP) is 2.68. The van der Waals surface area contributed by atoms with Gasteiger partial charge in [-0.2, -0.15) is 0 Å². The second kappa shape index (κ2) is 3.74. The maximum atomic E-state index is 11.3. The molecule has 0 unspecified atom stereocenters. The molecule has 0 radical (unpaired) electrons. The van der Waals surface area contributed by atoms with Gasteiger partial charge in [-0.15, -0.1) is 0 Å². The summed E-state index contributed by atoms with van der Waals surface area (Å²) in [7, 11) is 0. The first kappa shape index (κ1) is 11.2. The fraction of sp³-hybridized carbons (Fsp3) is 0.700. The van der Waals surface area contributed by atoms with Crippen molar-refractivity contribution in [1.82, 2.24) is 0 Å². The van der Waals surface area contributed by atoms with Crippen molar-refractivity contribution < 1.29 is 9.53 Å². The lowest BCUT2D eigenvalue weighted by atomic mass is 10.1. The van der Waals surface area contributed by atoms with Crippen LogP contribution < -0.4 is 0 Å². The Balaban J connectivity index is 4.36. The maximum absolute atomic E-state index is 11.3. The monoisotopic (exact) mass is 170 g/mol. The average Bonchev–Trinajstić information content (AvgIpc) is 1.82. The van der Waals surface area contributed by atoms with Gasteiger partial charge in [-0.3, -0.25) is 0 Å². The molecule has 0 aliphatic heterocycles. The van der Waals surface area contributed by atoms with Crippen molar-refractivity contribution in [2.75, 3.05) is 0 Å². The van der Waals surface area contributed by atoms with E-state index >= 15 is 0 Å². The topological polar surface area (TPSA) is 26.3 Å². The third-order valence-corrected chi connectivity index (χ3v) is 1.46. The van der Waals surface area contributed by atoms with Crippen molar-refractivity contribution in [1.29, 1.82) is 0 Å². The highest BCUT2D eigenvalue weighted by molar-refractivity contribution is 5.88. The molecule has 12 heavy (non-hydrogen) atoms. The molecule has 0 N–H and O–H groups in total. The van der Waals surface area contributed by atoms with Crippen LogP contribution >= 0.6 is 0 Å². The standard InChI is InChI=1S/C10H18O2/c1-7(2)8(3)9(11)12-10(4,5)6/h1-6H3. The van der Waals surface area contributed by atoms with Gasteiger partial charge in [0.05, 0.1) is 0 Å². The van der Waals surface area contributed by atoms with Crippen molar-refractivity contribution >= 4 is 5.97 Å². The molecule has 0 atom stereocenters. The predicted molar refractivity (Wildman–Crippen MR) is 49.9 cm³/mol. The van der Waals surface area contributed by atoms with Gasteiger partial charge in [0.15, 0.2) is 0 Å². The van der Waals surface area contributed by atoms with Crippen molar-refractivity contribution in [2.45, 2.75) is 47.1 Å². The van der Waals surface area contributed by atoms with Crippen molar-refractivity contribution in [2.24, 2.45) is 0 Å². The summed E-state index contributed by atoms with van der Waals surface area (Å²) in [4.78, 5) is 11.3. The average molecular weight is 170 g/mol. The van der Waals surface area contributed by atoms with Gasteiger partial charge in [-0.1, -0.05) is 5.57 Å². The van der Waals surface area contributed by atoms with E-state index in [1.54, 1.807) is 6.92 Å². The summed E-state index contributed by atoms with van der Waals surface area (Å²) >= 11 is 0. The Morgan fingerprint density at radius 2 is 1.50 bits per heavy atom. The third kappa shape index (κ3) is 4.16. The van der Waals surface area contributed by atoms with Crippen molar-refractivity contribution in [3.05, 3.63) is 11.1 Å². The maximum Gasteiger partial charge on any atom is 0.334 e. The summed E-state index contributed by atoms with van der Waals surface area (Å²) in [5.41, 5.74) is 1.31. The van der Waals surface area contributed by atoms with Gasteiger partial charge in [0.2, 0.25) is 0 Å². The van der Waals surface area contributed by atoms with Gasteiger partial charge >= 0.3 is 5.97 Å². The minimum atomic E-state index is -0.395. The molecular formula is C10H18O2. The van der Waals surface area contributed by atoms with Gasteiger partial charge in [0.1, 0.15) is 5.60 Å². The Bertz CT molecular complexity index is 202. The lowest BCUT2D eigenvalue weighted by molar-refractivity contribution is -0.149. The number of esters is 1. The molecule has 0 aromatic rings. The van der Waals surface area contributed by atoms with Crippen LogP contribution in [0.3, 0.4) is 0 Å². The van der Waals surface area contributed by atoms with Crippen LogP contribution in [0, 0.1) is 0 Å². The van der Waals surface area contributed by atoms with Crippen LogP contribution in [-0.2, 0) is 9.53 Å². The van der Waals surface area contributed by atoms with E-state index in [9.17, 15) is 4.79 Å². The quantitative estimate of drug-likeness (QED) is 0.446. The Hall–Kier alpha value is -0.790. The normalized spacial score (nSPS) is 10.8. The van der Waals surface area contributed by atoms with Crippen LogP contribution in [0.15, 0.2) is 11.1 Å². The van der Waals surface area contributed by atoms with Gasteiger partial charge in [0.25, 0.3) is 0 Å². The van der Waals surface area contributed by atoms with Crippen molar-refractivity contribution in [3.8, 4) is 0 Å². The second-order valence-electron chi connectivity index (χ2n) is 4.13. The van der Waals surface area contributed by atoms with Crippen LogP contribution in [0.25, 0.3) is 0 Å². The summed E-state index contributed by atoms with van der Waals surface area (Å²) in [6, 6.07) is 0. The molecule has 0 saturated heterocycles. The molecule has 0 fully saturated rings. The highest BCUT2D eigenvalue weighted by atomic mass is 16.6. The Kier molecular flexibility index (Phi) is 3.50. The lowest BCUT2D eigenvalue weighted by Crippen LogP contribution is -2.24. The molecule has 0 bridgehead atoms. The first-order chi connectivity index (χ1) is 5.24. The number of hydrogen-bond donors (Lipinski definition) is 0. The Morgan fingerprint density at radius 1 is 1.08 bits per heavy atom. The lowest BCUT2D eigenvalue weighted by Gasteiger charge is -2.20. The summed E-state index contributed by atoms with van der Waals surface area (Å²) in [6.07, 6.45) is 0. The SMILES string of the molecule is CC(C)=C(C)C(=O)OC(C)(C)C. The zero-order valence-electron chi connectivity index (χ0n) is 8.82. The molecular weight excluding hydrogens is 152 g/mol. The minimum Gasteiger partial charge on any atom is -0.457 e. The van der Waals surface area contributed by atoms with E-state index in [1.807, 2.05) is 34.6 Å². The largest absolute Gasteiger partial charge is 0.457 e. The summed E-state index contributed by atoms with van der Waals surface area (Å²) in [6.45, 7) is 11.2.